The zero-order valence-corrected chi connectivity index (χ0v) is 8.91. The van der Waals surface area contributed by atoms with Crippen LogP contribution in [0.25, 0.3) is 0 Å². The summed E-state index contributed by atoms with van der Waals surface area (Å²) < 4.78 is 4.84. The number of rotatable bonds is 5. The Hall–Kier alpha value is -0.610. The Labute approximate surface area is 84.9 Å². The summed E-state index contributed by atoms with van der Waals surface area (Å²) in [5.41, 5.74) is 2.73. The van der Waals surface area contributed by atoms with Gasteiger partial charge < -0.3 is 4.74 Å². The molecule has 1 rings (SSSR count). The fraction of sp³-hybridized carbons (Fsp3) is 0.900. The Morgan fingerprint density at radius 3 is 2.71 bits per heavy atom. The maximum Gasteiger partial charge on any atom is 0.325 e. The monoisotopic (exact) mass is 201 g/mol. The van der Waals surface area contributed by atoms with Gasteiger partial charge in [0.1, 0.15) is 6.04 Å². The maximum atomic E-state index is 11.2. The van der Waals surface area contributed by atoms with E-state index in [9.17, 15) is 4.79 Å². The number of carbonyl (C=O) groups excluding carboxylic acids is 1. The predicted octanol–water partition coefficient (Wildman–Crippen LogP) is 1.40. The van der Waals surface area contributed by atoms with Crippen molar-refractivity contribution in [1.82, 2.24) is 5.48 Å². The molecule has 0 saturated heterocycles. The van der Waals surface area contributed by atoms with E-state index >= 15 is 0 Å². The van der Waals surface area contributed by atoms with E-state index in [1.165, 1.54) is 12.8 Å². The summed E-state index contributed by atoms with van der Waals surface area (Å²) in [6, 6.07) is -0.379. The Morgan fingerprint density at radius 2 is 2.14 bits per heavy atom. The average Bonchev–Trinajstić information content (AvgIpc) is 2.67. The van der Waals surface area contributed by atoms with Crippen LogP contribution in [-0.4, -0.2) is 24.7 Å². The van der Waals surface area contributed by atoms with Gasteiger partial charge >= 0.3 is 5.97 Å². The second-order valence-corrected chi connectivity index (χ2v) is 3.62. The van der Waals surface area contributed by atoms with Gasteiger partial charge in [0.15, 0.2) is 0 Å². The summed E-state index contributed by atoms with van der Waals surface area (Å²) in [5.74, 6) is -0.259. The van der Waals surface area contributed by atoms with E-state index in [1.54, 1.807) is 13.8 Å². The molecule has 0 aromatic rings. The summed E-state index contributed by atoms with van der Waals surface area (Å²) in [6.07, 6.45) is 4.89. The summed E-state index contributed by atoms with van der Waals surface area (Å²) in [5, 5.41) is 0. The van der Waals surface area contributed by atoms with Crippen LogP contribution in [0, 0.1) is 0 Å². The lowest BCUT2D eigenvalue weighted by atomic mass is 10.3. The van der Waals surface area contributed by atoms with Crippen LogP contribution in [0.2, 0.25) is 0 Å². The lowest BCUT2D eigenvalue weighted by Crippen LogP contribution is -2.37. The number of nitrogens with one attached hydrogen (secondary N) is 1. The molecular weight excluding hydrogens is 182 g/mol. The zero-order valence-electron chi connectivity index (χ0n) is 8.91. The molecule has 4 nitrogen and oxygen atoms in total. The van der Waals surface area contributed by atoms with Crippen molar-refractivity contribution in [3.63, 3.8) is 0 Å². The van der Waals surface area contributed by atoms with E-state index in [1.807, 2.05) is 0 Å². The summed E-state index contributed by atoms with van der Waals surface area (Å²) in [7, 11) is 0. The van der Waals surface area contributed by atoms with Gasteiger partial charge in [0.05, 0.1) is 12.7 Å². The molecule has 1 fully saturated rings. The fourth-order valence-electron chi connectivity index (χ4n) is 1.52. The molecule has 0 radical (unpaired) electrons. The highest BCUT2D eigenvalue weighted by atomic mass is 16.7. The van der Waals surface area contributed by atoms with Crippen LogP contribution in [0.3, 0.4) is 0 Å². The van der Waals surface area contributed by atoms with E-state index in [-0.39, 0.29) is 18.1 Å². The Bertz CT molecular complexity index is 178. The van der Waals surface area contributed by atoms with Crippen LogP contribution < -0.4 is 5.48 Å². The molecular formula is C10H19NO3. The second kappa shape index (κ2) is 5.98. The first kappa shape index (κ1) is 11.5. The molecule has 0 bridgehead atoms. The van der Waals surface area contributed by atoms with Crippen molar-refractivity contribution in [3.8, 4) is 0 Å². The number of hydroxylamine groups is 1. The Morgan fingerprint density at radius 1 is 1.50 bits per heavy atom. The van der Waals surface area contributed by atoms with Crippen LogP contribution in [0.5, 0.6) is 0 Å². The minimum absolute atomic E-state index is 0.259. The molecule has 82 valence electrons. The van der Waals surface area contributed by atoms with Crippen molar-refractivity contribution in [2.24, 2.45) is 0 Å². The predicted molar refractivity (Wildman–Crippen MR) is 52.6 cm³/mol. The topological polar surface area (TPSA) is 47.6 Å². The van der Waals surface area contributed by atoms with Crippen molar-refractivity contribution in [2.75, 3.05) is 6.61 Å². The quantitative estimate of drug-likeness (QED) is 0.539. The van der Waals surface area contributed by atoms with Crippen molar-refractivity contribution in [3.05, 3.63) is 0 Å². The number of hydrogen-bond acceptors (Lipinski definition) is 4. The average molecular weight is 201 g/mol. The van der Waals surface area contributed by atoms with Gasteiger partial charge in [-0.3, -0.25) is 9.63 Å². The van der Waals surface area contributed by atoms with Crippen LogP contribution in [-0.2, 0) is 14.4 Å². The third-order valence-corrected chi connectivity index (χ3v) is 2.35. The van der Waals surface area contributed by atoms with Crippen LogP contribution >= 0.6 is 0 Å². The molecule has 1 N–H and O–H groups in total. The van der Waals surface area contributed by atoms with Crippen molar-refractivity contribution >= 4 is 5.97 Å². The molecule has 1 aliphatic carbocycles. The van der Waals surface area contributed by atoms with E-state index in [4.69, 9.17) is 9.57 Å². The van der Waals surface area contributed by atoms with E-state index in [0.29, 0.717) is 6.61 Å². The van der Waals surface area contributed by atoms with Crippen LogP contribution in [0.4, 0.5) is 0 Å². The standard InChI is InChI=1S/C10H19NO3/c1-3-13-10(12)8(2)11-14-9-6-4-5-7-9/h8-9,11H,3-7H2,1-2H3. The third kappa shape index (κ3) is 3.64. The van der Waals surface area contributed by atoms with Gasteiger partial charge in [0, 0.05) is 0 Å². The highest BCUT2D eigenvalue weighted by Gasteiger charge is 2.19. The molecule has 1 saturated carbocycles. The van der Waals surface area contributed by atoms with Crippen LogP contribution in [0.1, 0.15) is 39.5 Å². The first-order valence-corrected chi connectivity index (χ1v) is 5.32. The van der Waals surface area contributed by atoms with Crippen LogP contribution in [0.15, 0.2) is 0 Å². The van der Waals surface area contributed by atoms with Gasteiger partial charge in [-0.05, 0) is 26.7 Å². The first-order valence-electron chi connectivity index (χ1n) is 5.32. The molecule has 0 aromatic carbocycles. The first-order chi connectivity index (χ1) is 6.74. The Kier molecular flexibility index (Phi) is 4.90. The summed E-state index contributed by atoms with van der Waals surface area (Å²) in [4.78, 5) is 16.6. The smallest absolute Gasteiger partial charge is 0.325 e. The lowest BCUT2D eigenvalue weighted by Gasteiger charge is -2.16. The molecule has 0 aromatic heterocycles. The number of ether oxygens (including phenoxy) is 1. The van der Waals surface area contributed by atoms with Crippen molar-refractivity contribution < 1.29 is 14.4 Å². The molecule has 0 amide bonds. The molecule has 1 unspecified atom stereocenters. The highest BCUT2D eigenvalue weighted by molar-refractivity contribution is 5.74. The number of esters is 1. The highest BCUT2D eigenvalue weighted by Crippen LogP contribution is 2.19. The molecule has 1 atom stereocenters. The number of hydrogen-bond donors (Lipinski definition) is 1. The van der Waals surface area contributed by atoms with Gasteiger partial charge in [0.25, 0.3) is 0 Å². The minimum atomic E-state index is -0.379. The fourth-order valence-corrected chi connectivity index (χ4v) is 1.52. The molecule has 4 heteroatoms. The SMILES string of the molecule is CCOC(=O)C(C)NOC1CCCC1. The molecule has 0 aliphatic heterocycles. The third-order valence-electron chi connectivity index (χ3n) is 2.35. The van der Waals surface area contributed by atoms with Gasteiger partial charge in [0.2, 0.25) is 0 Å². The molecule has 0 spiro atoms. The van der Waals surface area contributed by atoms with E-state index in [2.05, 4.69) is 5.48 Å². The van der Waals surface area contributed by atoms with E-state index < -0.39 is 0 Å². The number of carbonyl (C=O) groups is 1. The van der Waals surface area contributed by atoms with Crippen molar-refractivity contribution in [2.45, 2.75) is 51.7 Å². The van der Waals surface area contributed by atoms with Gasteiger partial charge in [-0.15, -0.1) is 0 Å². The molecule has 14 heavy (non-hydrogen) atoms. The minimum Gasteiger partial charge on any atom is -0.465 e. The Balaban J connectivity index is 2.13. The summed E-state index contributed by atoms with van der Waals surface area (Å²) >= 11 is 0. The largest absolute Gasteiger partial charge is 0.465 e. The summed E-state index contributed by atoms with van der Waals surface area (Å²) in [6.45, 7) is 3.95. The van der Waals surface area contributed by atoms with Gasteiger partial charge in [-0.25, -0.2) is 0 Å². The maximum absolute atomic E-state index is 11.2. The van der Waals surface area contributed by atoms with Gasteiger partial charge in [-0.1, -0.05) is 12.8 Å². The molecule has 0 heterocycles. The van der Waals surface area contributed by atoms with Crippen molar-refractivity contribution in [1.29, 1.82) is 0 Å². The van der Waals surface area contributed by atoms with E-state index in [0.717, 1.165) is 12.8 Å². The normalized spacial score (nSPS) is 19.6. The molecule has 1 aliphatic rings. The second-order valence-electron chi connectivity index (χ2n) is 3.62. The lowest BCUT2D eigenvalue weighted by molar-refractivity contribution is -0.151. The zero-order chi connectivity index (χ0) is 10.4. The van der Waals surface area contributed by atoms with Gasteiger partial charge in [-0.2, -0.15) is 5.48 Å².